The lowest BCUT2D eigenvalue weighted by molar-refractivity contribution is -0.00612. The third kappa shape index (κ3) is 2.42. The summed E-state index contributed by atoms with van der Waals surface area (Å²) in [7, 11) is 0. The number of aliphatic hydroxyl groups is 1. The van der Waals surface area contributed by atoms with Gasteiger partial charge in [-0.2, -0.15) is 0 Å². The molecule has 1 aliphatic carbocycles. The molecule has 92 valence electrons. The van der Waals surface area contributed by atoms with Gasteiger partial charge in [-0.1, -0.05) is 50.1 Å². The van der Waals surface area contributed by atoms with Gasteiger partial charge in [0.1, 0.15) is 0 Å². The van der Waals surface area contributed by atoms with Gasteiger partial charge in [-0.3, -0.25) is 4.79 Å². The fraction of sp³-hybridized carbons (Fsp3) is 0.533. The molecule has 0 aromatic heterocycles. The molecule has 1 unspecified atom stereocenters. The molecule has 0 saturated heterocycles. The molecular weight excluding hydrogens is 212 g/mol. The Balaban J connectivity index is 2.22. The molecule has 17 heavy (non-hydrogen) atoms. The first-order chi connectivity index (χ1) is 8.17. The van der Waals surface area contributed by atoms with E-state index in [2.05, 4.69) is 0 Å². The second-order valence-corrected chi connectivity index (χ2v) is 5.00. The Morgan fingerprint density at radius 2 is 1.88 bits per heavy atom. The first-order valence-corrected chi connectivity index (χ1v) is 6.49. The van der Waals surface area contributed by atoms with Crippen molar-refractivity contribution in [1.82, 2.24) is 0 Å². The molecule has 1 saturated carbocycles. The minimum absolute atomic E-state index is 0.0949. The second-order valence-electron chi connectivity index (χ2n) is 5.00. The minimum Gasteiger partial charge on any atom is -0.389 e. The van der Waals surface area contributed by atoms with Crippen LogP contribution < -0.4 is 0 Å². The summed E-state index contributed by atoms with van der Waals surface area (Å²) in [5.41, 5.74) is -0.0403. The SMILES string of the molecule is CCC(C(=O)c1ccccc1)C1(O)CCCC1. The van der Waals surface area contributed by atoms with E-state index in [4.69, 9.17) is 0 Å². The largest absolute Gasteiger partial charge is 0.389 e. The molecule has 0 bridgehead atoms. The van der Waals surface area contributed by atoms with Crippen LogP contribution in [-0.4, -0.2) is 16.5 Å². The van der Waals surface area contributed by atoms with E-state index in [9.17, 15) is 9.90 Å². The van der Waals surface area contributed by atoms with E-state index in [0.717, 1.165) is 31.2 Å². The van der Waals surface area contributed by atoms with Crippen LogP contribution in [0.15, 0.2) is 30.3 Å². The van der Waals surface area contributed by atoms with Crippen LogP contribution in [0.2, 0.25) is 0 Å². The third-order valence-corrected chi connectivity index (χ3v) is 3.90. The average Bonchev–Trinajstić information content (AvgIpc) is 2.78. The molecular formula is C15H20O2. The Kier molecular flexibility index (Phi) is 3.63. The number of carbonyl (C=O) groups excluding carboxylic acids is 1. The maximum Gasteiger partial charge on any atom is 0.168 e. The van der Waals surface area contributed by atoms with Gasteiger partial charge in [-0.25, -0.2) is 0 Å². The molecule has 1 fully saturated rings. The van der Waals surface area contributed by atoms with Gasteiger partial charge in [-0.15, -0.1) is 0 Å². The first kappa shape index (κ1) is 12.3. The van der Waals surface area contributed by atoms with Crippen LogP contribution in [0, 0.1) is 5.92 Å². The van der Waals surface area contributed by atoms with Gasteiger partial charge in [0, 0.05) is 5.56 Å². The lowest BCUT2D eigenvalue weighted by Gasteiger charge is -2.30. The molecule has 1 atom stereocenters. The van der Waals surface area contributed by atoms with Gasteiger partial charge >= 0.3 is 0 Å². The van der Waals surface area contributed by atoms with Crippen LogP contribution in [0.1, 0.15) is 49.4 Å². The first-order valence-electron chi connectivity index (χ1n) is 6.49. The summed E-state index contributed by atoms with van der Waals surface area (Å²) in [4.78, 5) is 12.4. The number of benzene rings is 1. The highest BCUT2D eigenvalue weighted by atomic mass is 16.3. The van der Waals surface area contributed by atoms with Crippen molar-refractivity contribution in [2.45, 2.75) is 44.6 Å². The maximum atomic E-state index is 12.4. The zero-order valence-electron chi connectivity index (χ0n) is 10.4. The van der Waals surface area contributed by atoms with Crippen LogP contribution in [0.25, 0.3) is 0 Å². The van der Waals surface area contributed by atoms with E-state index in [1.807, 2.05) is 37.3 Å². The van der Waals surface area contributed by atoms with Crippen molar-refractivity contribution in [3.63, 3.8) is 0 Å². The van der Waals surface area contributed by atoms with Gasteiger partial charge < -0.3 is 5.11 Å². The van der Waals surface area contributed by atoms with E-state index in [1.54, 1.807) is 0 Å². The monoisotopic (exact) mass is 232 g/mol. The molecule has 2 rings (SSSR count). The van der Waals surface area contributed by atoms with Crippen LogP contribution >= 0.6 is 0 Å². The molecule has 1 aromatic carbocycles. The zero-order valence-corrected chi connectivity index (χ0v) is 10.4. The predicted molar refractivity (Wildman–Crippen MR) is 68.0 cm³/mol. The number of hydrogen-bond donors (Lipinski definition) is 1. The summed E-state index contributed by atoms with van der Waals surface area (Å²) in [6.07, 6.45) is 4.32. The maximum absolute atomic E-state index is 12.4. The van der Waals surface area contributed by atoms with Crippen molar-refractivity contribution in [1.29, 1.82) is 0 Å². The standard InChI is InChI=1S/C15H20O2/c1-2-13(15(17)10-6-7-11-15)14(16)12-8-4-3-5-9-12/h3-5,8-9,13,17H,2,6-7,10-11H2,1H3. The molecule has 1 aliphatic rings. The summed E-state index contributed by atoms with van der Waals surface area (Å²) < 4.78 is 0. The van der Waals surface area contributed by atoms with Gasteiger partial charge in [0.2, 0.25) is 0 Å². The fourth-order valence-electron chi connectivity index (χ4n) is 2.95. The van der Waals surface area contributed by atoms with Gasteiger partial charge in [-0.05, 0) is 19.3 Å². The van der Waals surface area contributed by atoms with Crippen molar-refractivity contribution in [2.24, 2.45) is 5.92 Å². The van der Waals surface area contributed by atoms with Crippen LogP contribution in [0.4, 0.5) is 0 Å². The van der Waals surface area contributed by atoms with E-state index in [1.165, 1.54) is 0 Å². The fourth-order valence-corrected chi connectivity index (χ4v) is 2.95. The highest BCUT2D eigenvalue weighted by Crippen LogP contribution is 2.38. The number of Topliss-reactive ketones (excluding diaryl/α,β-unsaturated/α-hetero) is 1. The Hall–Kier alpha value is -1.15. The van der Waals surface area contributed by atoms with Crippen molar-refractivity contribution < 1.29 is 9.90 Å². The van der Waals surface area contributed by atoms with Gasteiger partial charge in [0.25, 0.3) is 0 Å². The third-order valence-electron chi connectivity index (χ3n) is 3.90. The smallest absolute Gasteiger partial charge is 0.168 e. The van der Waals surface area contributed by atoms with E-state index >= 15 is 0 Å². The summed E-state index contributed by atoms with van der Waals surface area (Å²) in [5.74, 6) is -0.148. The van der Waals surface area contributed by atoms with Crippen molar-refractivity contribution in [3.05, 3.63) is 35.9 Å². The van der Waals surface area contributed by atoms with Crippen LogP contribution in [0.5, 0.6) is 0 Å². The van der Waals surface area contributed by atoms with Crippen LogP contribution in [0.3, 0.4) is 0 Å². The molecule has 0 amide bonds. The molecule has 2 nitrogen and oxygen atoms in total. The molecule has 0 aliphatic heterocycles. The highest BCUT2D eigenvalue weighted by Gasteiger charge is 2.42. The molecule has 0 spiro atoms. The summed E-state index contributed by atoms with van der Waals surface area (Å²) in [5, 5.41) is 10.6. The number of hydrogen-bond acceptors (Lipinski definition) is 2. The Bertz CT molecular complexity index is 377. The number of ketones is 1. The van der Waals surface area contributed by atoms with E-state index in [0.29, 0.717) is 6.42 Å². The summed E-state index contributed by atoms with van der Waals surface area (Å²) >= 11 is 0. The average molecular weight is 232 g/mol. The van der Waals surface area contributed by atoms with E-state index in [-0.39, 0.29) is 11.7 Å². The van der Waals surface area contributed by atoms with Crippen molar-refractivity contribution >= 4 is 5.78 Å². The quantitative estimate of drug-likeness (QED) is 0.809. The lowest BCUT2D eigenvalue weighted by Crippen LogP contribution is -2.39. The summed E-state index contributed by atoms with van der Waals surface area (Å²) in [6.45, 7) is 1.99. The summed E-state index contributed by atoms with van der Waals surface area (Å²) in [6, 6.07) is 9.33. The van der Waals surface area contributed by atoms with Gasteiger partial charge in [0.15, 0.2) is 5.78 Å². The number of carbonyl (C=O) groups is 1. The lowest BCUT2D eigenvalue weighted by atomic mass is 9.79. The Labute approximate surface area is 103 Å². The molecule has 2 heteroatoms. The highest BCUT2D eigenvalue weighted by molar-refractivity contribution is 5.98. The van der Waals surface area contributed by atoms with Gasteiger partial charge in [0.05, 0.1) is 11.5 Å². The molecule has 1 N–H and O–H groups in total. The molecule has 1 aromatic rings. The second kappa shape index (κ2) is 5.01. The Morgan fingerprint density at radius 1 is 1.29 bits per heavy atom. The number of rotatable bonds is 4. The topological polar surface area (TPSA) is 37.3 Å². The van der Waals surface area contributed by atoms with Crippen LogP contribution in [-0.2, 0) is 0 Å². The zero-order chi connectivity index (χ0) is 12.3. The van der Waals surface area contributed by atoms with Crippen molar-refractivity contribution in [3.8, 4) is 0 Å². The minimum atomic E-state index is -0.762. The molecule has 0 radical (unpaired) electrons. The van der Waals surface area contributed by atoms with Crippen molar-refractivity contribution in [2.75, 3.05) is 0 Å². The predicted octanol–water partition coefficient (Wildman–Crippen LogP) is 3.20. The van der Waals surface area contributed by atoms with E-state index < -0.39 is 5.60 Å². The molecule has 0 heterocycles. The normalized spacial score (nSPS) is 20.1. The Morgan fingerprint density at radius 3 is 2.41 bits per heavy atom.